The van der Waals surface area contributed by atoms with Gasteiger partial charge < -0.3 is 10.2 Å². The number of hydrogen-bond donors (Lipinski definition) is 1. The Hall–Kier alpha value is -4.43. The molecule has 0 spiro atoms. The average Bonchev–Trinajstić information content (AvgIpc) is 3.05. The van der Waals surface area contributed by atoms with E-state index >= 15 is 0 Å². The third-order valence-corrected chi connectivity index (χ3v) is 9.45. The highest BCUT2D eigenvalue weighted by Crippen LogP contribution is 2.26. The van der Waals surface area contributed by atoms with Crippen LogP contribution in [0.25, 0.3) is 0 Å². The van der Waals surface area contributed by atoms with E-state index in [0.29, 0.717) is 12.2 Å². The highest BCUT2D eigenvalue weighted by molar-refractivity contribution is 7.92. The van der Waals surface area contributed by atoms with E-state index in [0.717, 1.165) is 39.4 Å². The Labute approximate surface area is 261 Å². The number of carbonyl (C=O) groups is 2. The smallest absolute Gasteiger partial charge is 0.264 e. The second kappa shape index (κ2) is 15.3. The zero-order valence-corrected chi connectivity index (χ0v) is 26.5. The molecule has 4 aromatic carbocycles. The molecule has 0 aliphatic rings. The third kappa shape index (κ3) is 8.14. The molecule has 1 N–H and O–H groups in total. The number of carbonyl (C=O) groups excluding carboxylic acids is 2. The number of rotatable bonds is 14. The number of benzene rings is 4. The van der Waals surface area contributed by atoms with Crippen LogP contribution >= 0.6 is 0 Å². The van der Waals surface area contributed by atoms with Crippen LogP contribution in [-0.4, -0.2) is 44.3 Å². The summed E-state index contributed by atoms with van der Waals surface area (Å²) in [6.45, 7) is 6.10. The van der Waals surface area contributed by atoms with Crippen LogP contribution in [0.3, 0.4) is 0 Å². The molecule has 0 heterocycles. The zero-order chi connectivity index (χ0) is 31.5. The number of sulfonamides is 1. The van der Waals surface area contributed by atoms with Gasteiger partial charge in [-0.25, -0.2) is 8.42 Å². The predicted octanol–water partition coefficient (Wildman–Crippen LogP) is 5.92. The topological polar surface area (TPSA) is 86.8 Å². The van der Waals surface area contributed by atoms with Crippen molar-refractivity contribution in [2.75, 3.05) is 17.4 Å². The van der Waals surface area contributed by atoms with Crippen LogP contribution in [0.2, 0.25) is 0 Å². The molecule has 0 radical (unpaired) electrons. The van der Waals surface area contributed by atoms with Crippen molar-refractivity contribution in [2.24, 2.45) is 0 Å². The SMILES string of the molecule is CCCNC(=O)[C@H](Cc1ccccc1)N(Cc1ccccc1C)C(=O)CN(c1ccc(CC)cc1)S(=O)(=O)c1ccccc1. The Morgan fingerprint density at radius 3 is 2.00 bits per heavy atom. The van der Waals surface area contributed by atoms with E-state index in [2.05, 4.69) is 5.32 Å². The Bertz CT molecular complexity index is 1630. The summed E-state index contributed by atoms with van der Waals surface area (Å²) in [5, 5.41) is 2.98. The summed E-state index contributed by atoms with van der Waals surface area (Å²) in [5.41, 5.74) is 4.18. The summed E-state index contributed by atoms with van der Waals surface area (Å²) in [6.07, 6.45) is 1.82. The van der Waals surface area contributed by atoms with Crippen LogP contribution in [-0.2, 0) is 39.0 Å². The van der Waals surface area contributed by atoms with Crippen LogP contribution in [0, 0.1) is 6.92 Å². The Balaban J connectivity index is 1.80. The van der Waals surface area contributed by atoms with E-state index < -0.39 is 28.5 Å². The molecule has 7 nitrogen and oxygen atoms in total. The van der Waals surface area contributed by atoms with Crippen LogP contribution in [0.4, 0.5) is 5.69 Å². The number of nitrogens with one attached hydrogen (secondary N) is 1. The Morgan fingerprint density at radius 1 is 0.773 bits per heavy atom. The van der Waals surface area contributed by atoms with Crippen molar-refractivity contribution in [1.82, 2.24) is 10.2 Å². The van der Waals surface area contributed by atoms with Gasteiger partial charge in [0.15, 0.2) is 0 Å². The van der Waals surface area contributed by atoms with Crippen molar-refractivity contribution in [3.8, 4) is 0 Å². The summed E-state index contributed by atoms with van der Waals surface area (Å²) in [5.74, 6) is -0.748. The fourth-order valence-electron chi connectivity index (χ4n) is 5.04. The van der Waals surface area contributed by atoms with Gasteiger partial charge in [0, 0.05) is 19.5 Å². The Kier molecular flexibility index (Phi) is 11.3. The molecule has 0 aromatic heterocycles. The normalized spacial score (nSPS) is 11.9. The van der Waals surface area contributed by atoms with E-state index in [-0.39, 0.29) is 23.8 Å². The maximum Gasteiger partial charge on any atom is 0.264 e. The number of anilines is 1. The second-order valence-electron chi connectivity index (χ2n) is 10.8. The second-order valence-corrected chi connectivity index (χ2v) is 12.7. The summed E-state index contributed by atoms with van der Waals surface area (Å²) in [7, 11) is -4.12. The van der Waals surface area contributed by atoms with Gasteiger partial charge in [-0.3, -0.25) is 13.9 Å². The molecular weight excluding hydrogens is 570 g/mol. The first-order chi connectivity index (χ1) is 21.2. The van der Waals surface area contributed by atoms with Crippen molar-refractivity contribution in [3.63, 3.8) is 0 Å². The summed E-state index contributed by atoms with van der Waals surface area (Å²) in [4.78, 5) is 29.8. The molecule has 0 unspecified atom stereocenters. The first-order valence-electron chi connectivity index (χ1n) is 15.1. The molecule has 4 rings (SSSR count). The van der Waals surface area contributed by atoms with Crippen LogP contribution < -0.4 is 9.62 Å². The molecule has 0 fully saturated rings. The fourth-order valence-corrected chi connectivity index (χ4v) is 6.47. The van der Waals surface area contributed by atoms with Crippen molar-refractivity contribution in [3.05, 3.63) is 131 Å². The number of nitrogens with zero attached hydrogens (tertiary/aromatic N) is 2. The number of aryl methyl sites for hydroxylation is 2. The summed E-state index contributed by atoms with van der Waals surface area (Å²) < 4.78 is 29.3. The third-order valence-electron chi connectivity index (χ3n) is 7.66. The maximum absolute atomic E-state index is 14.5. The van der Waals surface area contributed by atoms with Gasteiger partial charge in [0.1, 0.15) is 12.6 Å². The van der Waals surface area contributed by atoms with E-state index in [4.69, 9.17) is 0 Å². The lowest BCUT2D eigenvalue weighted by Crippen LogP contribution is -2.53. The molecule has 0 saturated carbocycles. The van der Waals surface area contributed by atoms with Crippen molar-refractivity contribution in [1.29, 1.82) is 0 Å². The molecule has 44 heavy (non-hydrogen) atoms. The summed E-state index contributed by atoms with van der Waals surface area (Å²) >= 11 is 0. The molecular formula is C36H41N3O4S. The van der Waals surface area contributed by atoms with Crippen LogP contribution in [0.15, 0.2) is 114 Å². The van der Waals surface area contributed by atoms with Gasteiger partial charge in [0.2, 0.25) is 11.8 Å². The Morgan fingerprint density at radius 2 is 1.39 bits per heavy atom. The monoisotopic (exact) mass is 611 g/mol. The first-order valence-corrected chi connectivity index (χ1v) is 16.5. The molecule has 0 saturated heterocycles. The highest BCUT2D eigenvalue weighted by atomic mass is 32.2. The molecule has 0 aliphatic heterocycles. The van der Waals surface area contributed by atoms with Gasteiger partial charge in [-0.2, -0.15) is 0 Å². The lowest BCUT2D eigenvalue weighted by atomic mass is 10.0. The van der Waals surface area contributed by atoms with Crippen molar-refractivity contribution in [2.45, 2.75) is 57.5 Å². The summed E-state index contributed by atoms with van der Waals surface area (Å²) in [6, 6.07) is 31.7. The largest absolute Gasteiger partial charge is 0.354 e. The molecule has 4 aromatic rings. The minimum atomic E-state index is -4.12. The lowest BCUT2D eigenvalue weighted by molar-refractivity contribution is -0.140. The fraction of sp³-hybridized carbons (Fsp3) is 0.278. The zero-order valence-electron chi connectivity index (χ0n) is 25.6. The van der Waals surface area contributed by atoms with Gasteiger partial charge in [-0.1, -0.05) is 98.8 Å². The molecule has 8 heteroatoms. The van der Waals surface area contributed by atoms with Crippen LogP contribution in [0.5, 0.6) is 0 Å². The standard InChI is InChI=1S/C36H41N3O4S/c1-4-24-37-36(41)34(25-30-15-8-6-9-16-30)38(26-31-17-13-12-14-28(31)3)35(40)27-39(32-22-20-29(5-2)21-23-32)44(42,43)33-18-10-7-11-19-33/h6-23,34H,4-5,24-27H2,1-3H3,(H,37,41)/t34-/m0/s1. The number of hydrogen-bond acceptors (Lipinski definition) is 4. The quantitative estimate of drug-likeness (QED) is 0.192. The predicted molar refractivity (Wildman–Crippen MR) is 176 cm³/mol. The van der Waals surface area contributed by atoms with Gasteiger partial charge in [0.25, 0.3) is 10.0 Å². The van der Waals surface area contributed by atoms with Gasteiger partial charge >= 0.3 is 0 Å². The lowest BCUT2D eigenvalue weighted by Gasteiger charge is -2.34. The molecule has 1 atom stereocenters. The minimum Gasteiger partial charge on any atom is -0.354 e. The minimum absolute atomic E-state index is 0.0827. The van der Waals surface area contributed by atoms with E-state index in [1.807, 2.05) is 87.5 Å². The van der Waals surface area contributed by atoms with Crippen LogP contribution in [0.1, 0.15) is 42.5 Å². The van der Waals surface area contributed by atoms with Gasteiger partial charge in [0.05, 0.1) is 10.6 Å². The van der Waals surface area contributed by atoms with Crippen molar-refractivity contribution >= 4 is 27.5 Å². The molecule has 2 amide bonds. The van der Waals surface area contributed by atoms with Gasteiger partial charge in [-0.15, -0.1) is 0 Å². The molecule has 0 bridgehead atoms. The van der Waals surface area contributed by atoms with E-state index in [1.165, 1.54) is 17.0 Å². The molecule has 230 valence electrons. The highest BCUT2D eigenvalue weighted by Gasteiger charge is 2.34. The maximum atomic E-state index is 14.5. The van der Waals surface area contributed by atoms with Crippen molar-refractivity contribution < 1.29 is 18.0 Å². The van der Waals surface area contributed by atoms with E-state index in [1.54, 1.807) is 30.3 Å². The van der Waals surface area contributed by atoms with Gasteiger partial charge in [-0.05, 0) is 66.3 Å². The average molecular weight is 612 g/mol. The first kappa shape index (κ1) is 32.5. The van der Waals surface area contributed by atoms with E-state index in [9.17, 15) is 18.0 Å². The number of amides is 2. The molecule has 0 aliphatic carbocycles.